The van der Waals surface area contributed by atoms with E-state index in [2.05, 4.69) is 44.5 Å². The van der Waals surface area contributed by atoms with E-state index >= 15 is 0 Å². The first-order valence-corrected chi connectivity index (χ1v) is 9.79. The minimum atomic E-state index is -0.0779. The largest absolute Gasteiger partial charge is 0.348 e. The van der Waals surface area contributed by atoms with Crippen molar-refractivity contribution < 1.29 is 4.79 Å². The summed E-state index contributed by atoms with van der Waals surface area (Å²) in [7, 11) is 0. The Morgan fingerprint density at radius 1 is 1.04 bits per heavy atom. The highest BCUT2D eigenvalue weighted by atomic mass is 16.1. The topological polar surface area (TPSA) is 58.1 Å². The van der Waals surface area contributed by atoms with Gasteiger partial charge >= 0.3 is 0 Å². The van der Waals surface area contributed by atoms with Crippen LogP contribution in [0, 0.1) is 0 Å². The lowest BCUT2D eigenvalue weighted by Gasteiger charge is -2.30. The van der Waals surface area contributed by atoms with Gasteiger partial charge in [-0.1, -0.05) is 43.9 Å². The third-order valence-corrected chi connectivity index (χ3v) is 5.46. The lowest BCUT2D eigenvalue weighted by molar-refractivity contribution is 0.0928. The van der Waals surface area contributed by atoms with E-state index in [0.29, 0.717) is 5.69 Å². The highest BCUT2D eigenvalue weighted by Crippen LogP contribution is 2.32. The van der Waals surface area contributed by atoms with Crippen LogP contribution in [0.25, 0.3) is 0 Å². The van der Waals surface area contributed by atoms with Crippen LogP contribution in [0.2, 0.25) is 0 Å². The molecule has 1 fully saturated rings. The monoisotopic (exact) mass is 350 g/mol. The standard InChI is InChI=1S/C21H26N4O/c26-21(24-17-10-3-1-2-4-11-17)18-14-20(23-15-22-18)25-13-7-9-16-8-5-6-12-19(16)25/h5-6,8,12,14-15,17H,1-4,7,9-11,13H2,(H,24,26). The molecule has 0 saturated heterocycles. The number of anilines is 2. The predicted molar refractivity (Wildman–Crippen MR) is 103 cm³/mol. The summed E-state index contributed by atoms with van der Waals surface area (Å²) in [5.41, 5.74) is 2.98. The summed E-state index contributed by atoms with van der Waals surface area (Å²) in [4.78, 5) is 23.6. The molecule has 0 bridgehead atoms. The molecule has 5 heteroatoms. The molecule has 4 rings (SSSR count). The van der Waals surface area contributed by atoms with Crippen molar-refractivity contribution in [2.75, 3.05) is 11.4 Å². The molecule has 26 heavy (non-hydrogen) atoms. The predicted octanol–water partition coefficient (Wildman–Crippen LogP) is 4.01. The number of hydrogen-bond acceptors (Lipinski definition) is 4. The van der Waals surface area contributed by atoms with Crippen LogP contribution in [-0.2, 0) is 6.42 Å². The van der Waals surface area contributed by atoms with Gasteiger partial charge in [0.25, 0.3) is 5.91 Å². The summed E-state index contributed by atoms with van der Waals surface area (Å²) in [6, 6.07) is 10.5. The number of rotatable bonds is 3. The molecule has 2 heterocycles. The van der Waals surface area contributed by atoms with E-state index in [-0.39, 0.29) is 11.9 Å². The van der Waals surface area contributed by atoms with E-state index in [1.807, 2.05) is 6.07 Å². The van der Waals surface area contributed by atoms with Gasteiger partial charge in [0, 0.05) is 24.3 Å². The van der Waals surface area contributed by atoms with Gasteiger partial charge in [-0.2, -0.15) is 0 Å². The molecule has 1 saturated carbocycles. The maximum absolute atomic E-state index is 12.7. The lowest BCUT2D eigenvalue weighted by Crippen LogP contribution is -2.35. The first-order chi connectivity index (χ1) is 12.8. The molecule has 0 unspecified atom stereocenters. The van der Waals surface area contributed by atoms with E-state index in [9.17, 15) is 4.79 Å². The van der Waals surface area contributed by atoms with Gasteiger partial charge in [0.05, 0.1) is 0 Å². The zero-order chi connectivity index (χ0) is 17.8. The molecule has 0 atom stereocenters. The van der Waals surface area contributed by atoms with Crippen LogP contribution >= 0.6 is 0 Å². The average molecular weight is 350 g/mol. The number of hydrogen-bond donors (Lipinski definition) is 1. The second-order valence-electron chi connectivity index (χ2n) is 7.31. The van der Waals surface area contributed by atoms with Gasteiger partial charge in [0.15, 0.2) is 0 Å². The molecule has 1 N–H and O–H groups in total. The second kappa shape index (κ2) is 7.85. The Hall–Kier alpha value is -2.43. The molecule has 136 valence electrons. The number of amides is 1. The molecule has 5 nitrogen and oxygen atoms in total. The van der Waals surface area contributed by atoms with Gasteiger partial charge in [0.2, 0.25) is 0 Å². The van der Waals surface area contributed by atoms with E-state index in [0.717, 1.165) is 38.0 Å². The number of fused-ring (bicyclic) bond motifs is 1. The van der Waals surface area contributed by atoms with Crippen molar-refractivity contribution in [2.24, 2.45) is 0 Å². The molecule has 1 amide bonds. The van der Waals surface area contributed by atoms with E-state index in [1.54, 1.807) is 0 Å². The maximum atomic E-state index is 12.7. The van der Waals surface area contributed by atoms with Gasteiger partial charge in [0.1, 0.15) is 17.8 Å². The fourth-order valence-electron chi connectivity index (χ4n) is 4.07. The number of aromatic nitrogens is 2. The molecule has 1 aromatic carbocycles. The normalized spacial score (nSPS) is 18.1. The van der Waals surface area contributed by atoms with Crippen LogP contribution in [0.4, 0.5) is 11.5 Å². The quantitative estimate of drug-likeness (QED) is 0.850. The average Bonchev–Trinajstić information content (AvgIpc) is 2.96. The summed E-state index contributed by atoms with van der Waals surface area (Å²) in [5, 5.41) is 3.18. The molecule has 0 radical (unpaired) electrons. The number of para-hydroxylation sites is 1. The Kier molecular flexibility index (Phi) is 5.14. The summed E-state index contributed by atoms with van der Waals surface area (Å²) in [5.74, 6) is 0.726. The Balaban J connectivity index is 1.53. The van der Waals surface area contributed by atoms with Crippen molar-refractivity contribution in [3.05, 3.63) is 47.9 Å². The number of benzene rings is 1. The fraction of sp³-hybridized carbons (Fsp3) is 0.476. The van der Waals surface area contributed by atoms with Crippen LogP contribution in [0.3, 0.4) is 0 Å². The Morgan fingerprint density at radius 3 is 2.69 bits per heavy atom. The molecule has 2 aliphatic rings. The summed E-state index contributed by atoms with van der Waals surface area (Å²) in [6.45, 7) is 0.914. The van der Waals surface area contributed by atoms with Crippen molar-refractivity contribution in [3.63, 3.8) is 0 Å². The molecular weight excluding hydrogens is 324 g/mol. The first-order valence-electron chi connectivity index (χ1n) is 9.79. The molecule has 1 aliphatic heterocycles. The van der Waals surface area contributed by atoms with E-state index in [1.165, 1.54) is 43.3 Å². The number of nitrogens with zero attached hydrogens (tertiary/aromatic N) is 3. The summed E-state index contributed by atoms with van der Waals surface area (Å²) in [6.07, 6.45) is 10.8. The molecule has 2 aromatic rings. The minimum Gasteiger partial charge on any atom is -0.348 e. The van der Waals surface area contributed by atoms with Crippen LogP contribution in [0.15, 0.2) is 36.7 Å². The van der Waals surface area contributed by atoms with Crippen molar-refractivity contribution in [2.45, 2.75) is 57.4 Å². The van der Waals surface area contributed by atoms with Crippen LogP contribution in [-0.4, -0.2) is 28.5 Å². The van der Waals surface area contributed by atoms with Crippen molar-refractivity contribution in [1.29, 1.82) is 0 Å². The number of nitrogens with one attached hydrogen (secondary N) is 1. The highest BCUT2D eigenvalue weighted by Gasteiger charge is 2.21. The second-order valence-corrected chi connectivity index (χ2v) is 7.31. The molecule has 1 aromatic heterocycles. The van der Waals surface area contributed by atoms with Gasteiger partial charge in [-0.25, -0.2) is 9.97 Å². The number of aryl methyl sites for hydroxylation is 1. The van der Waals surface area contributed by atoms with Gasteiger partial charge in [-0.15, -0.1) is 0 Å². The van der Waals surface area contributed by atoms with Gasteiger partial charge in [-0.3, -0.25) is 4.79 Å². The molecular formula is C21H26N4O. The van der Waals surface area contributed by atoms with Gasteiger partial charge < -0.3 is 10.2 Å². The molecule has 1 aliphatic carbocycles. The van der Waals surface area contributed by atoms with Crippen molar-refractivity contribution in [3.8, 4) is 0 Å². The molecule has 0 spiro atoms. The van der Waals surface area contributed by atoms with E-state index < -0.39 is 0 Å². The minimum absolute atomic E-state index is 0.0779. The van der Waals surface area contributed by atoms with Crippen molar-refractivity contribution >= 4 is 17.4 Å². The first kappa shape index (κ1) is 17.0. The van der Waals surface area contributed by atoms with Crippen LogP contribution in [0.1, 0.15) is 61.0 Å². The summed E-state index contributed by atoms with van der Waals surface area (Å²) < 4.78 is 0. The van der Waals surface area contributed by atoms with E-state index in [4.69, 9.17) is 0 Å². The third kappa shape index (κ3) is 3.71. The Morgan fingerprint density at radius 2 is 1.85 bits per heavy atom. The van der Waals surface area contributed by atoms with Gasteiger partial charge in [-0.05, 0) is 37.3 Å². The smallest absolute Gasteiger partial charge is 0.270 e. The number of carbonyl (C=O) groups excluding carboxylic acids is 1. The zero-order valence-corrected chi connectivity index (χ0v) is 15.2. The summed E-state index contributed by atoms with van der Waals surface area (Å²) >= 11 is 0. The maximum Gasteiger partial charge on any atom is 0.270 e. The third-order valence-electron chi connectivity index (χ3n) is 5.46. The van der Waals surface area contributed by atoms with Crippen LogP contribution in [0.5, 0.6) is 0 Å². The highest BCUT2D eigenvalue weighted by molar-refractivity contribution is 5.93. The SMILES string of the molecule is O=C(NC1CCCCCC1)c1cc(N2CCCc3ccccc32)ncn1. The Bertz CT molecular complexity index is 768. The fourth-order valence-corrected chi connectivity index (χ4v) is 4.07. The van der Waals surface area contributed by atoms with Crippen LogP contribution < -0.4 is 10.2 Å². The lowest BCUT2D eigenvalue weighted by atomic mass is 10.0. The Labute approximate surface area is 154 Å². The number of carbonyl (C=O) groups is 1. The van der Waals surface area contributed by atoms with Crippen molar-refractivity contribution in [1.82, 2.24) is 15.3 Å². The zero-order valence-electron chi connectivity index (χ0n) is 15.2.